The van der Waals surface area contributed by atoms with Gasteiger partial charge in [-0.25, -0.2) is 0 Å². The van der Waals surface area contributed by atoms with Crippen LogP contribution in [0.5, 0.6) is 0 Å². The highest BCUT2D eigenvalue weighted by Crippen LogP contribution is 3.02. The molecule has 0 nitrogen and oxygen atoms in total. The molecule has 0 amide bonds. The Morgan fingerprint density at radius 3 is 1.81 bits per heavy atom. The van der Waals surface area contributed by atoms with Gasteiger partial charge in [0.2, 0.25) is 0 Å². The molecule has 1 atom stereocenters. The van der Waals surface area contributed by atoms with Crippen LogP contribution in [-0.2, 0) is 0 Å². The molecule has 21 heavy (non-hydrogen) atoms. The molecule has 0 bridgehead atoms. The van der Waals surface area contributed by atoms with Crippen LogP contribution in [0.3, 0.4) is 0 Å². The van der Waals surface area contributed by atoms with Crippen LogP contribution >= 0.6 is 7.92 Å². The van der Waals surface area contributed by atoms with Crippen LogP contribution in [0.15, 0.2) is 41.2 Å². The van der Waals surface area contributed by atoms with E-state index in [2.05, 4.69) is 41.2 Å². The van der Waals surface area contributed by atoms with Crippen molar-refractivity contribution in [3.05, 3.63) is 41.2 Å². The standard InChI is InChI=1S/C20H21P/c1-2-4-14(5-3-1)21-16-15(17(6-7-17)19(16)10-11-19)18(8-9-18)20(21)12-13-20/h1-5H,6-13H2. The molecule has 0 N–H and O–H groups in total. The Labute approximate surface area is 127 Å². The van der Waals surface area contributed by atoms with Crippen molar-refractivity contribution >= 4 is 13.2 Å². The zero-order valence-electron chi connectivity index (χ0n) is 12.5. The molecule has 5 aliphatic carbocycles. The largest absolute Gasteiger partial charge is 0.0622 e. The second kappa shape index (κ2) is 2.80. The van der Waals surface area contributed by atoms with Crippen molar-refractivity contribution in [2.24, 2.45) is 16.2 Å². The van der Waals surface area contributed by atoms with Gasteiger partial charge in [-0.3, -0.25) is 0 Å². The third-order valence-corrected chi connectivity index (χ3v) is 11.7. The van der Waals surface area contributed by atoms with Crippen molar-refractivity contribution in [2.45, 2.75) is 56.5 Å². The van der Waals surface area contributed by atoms with E-state index in [4.69, 9.17) is 0 Å². The molecule has 6 aliphatic rings. The minimum atomic E-state index is 0.0241. The van der Waals surface area contributed by atoms with Crippen LogP contribution in [0.1, 0.15) is 51.4 Å². The molecule has 106 valence electrons. The first-order valence-corrected chi connectivity index (χ1v) is 10.3. The molecular formula is C20H21P. The Morgan fingerprint density at radius 2 is 1.29 bits per heavy atom. The average molecular weight is 292 g/mol. The lowest BCUT2D eigenvalue weighted by Gasteiger charge is -2.45. The van der Waals surface area contributed by atoms with Gasteiger partial charge in [-0.15, -0.1) is 0 Å². The summed E-state index contributed by atoms with van der Waals surface area (Å²) >= 11 is 0. The Balaban J connectivity index is 1.52. The second-order valence-electron chi connectivity index (χ2n) is 8.67. The van der Waals surface area contributed by atoms with Gasteiger partial charge in [0, 0.05) is 21.4 Å². The SMILES string of the molecule is c1ccc(P2C3=C(C4(CC4)C34CC4)C3(CC3)C23CC3)cc1. The van der Waals surface area contributed by atoms with Crippen LogP contribution in [0.2, 0.25) is 0 Å². The van der Waals surface area contributed by atoms with E-state index < -0.39 is 0 Å². The van der Waals surface area contributed by atoms with Crippen LogP contribution in [-0.4, -0.2) is 5.16 Å². The van der Waals surface area contributed by atoms with Crippen molar-refractivity contribution in [1.29, 1.82) is 0 Å². The second-order valence-corrected chi connectivity index (χ2v) is 11.2. The molecule has 0 radical (unpaired) electrons. The fourth-order valence-electron chi connectivity index (χ4n) is 6.85. The molecule has 0 saturated heterocycles. The summed E-state index contributed by atoms with van der Waals surface area (Å²) in [5.74, 6) is 0. The molecule has 1 aromatic rings. The smallest absolute Gasteiger partial charge is 0.00774 e. The van der Waals surface area contributed by atoms with Crippen molar-refractivity contribution in [2.75, 3.05) is 0 Å². The topological polar surface area (TPSA) is 0 Å². The highest BCUT2D eigenvalue weighted by molar-refractivity contribution is 7.72. The van der Waals surface area contributed by atoms with Gasteiger partial charge in [-0.1, -0.05) is 35.9 Å². The van der Waals surface area contributed by atoms with Crippen molar-refractivity contribution < 1.29 is 0 Å². The van der Waals surface area contributed by atoms with Crippen LogP contribution < -0.4 is 5.30 Å². The minimum absolute atomic E-state index is 0.0241. The predicted octanol–water partition coefficient (Wildman–Crippen LogP) is 4.95. The summed E-state index contributed by atoms with van der Waals surface area (Å²) in [7, 11) is 0.0241. The molecule has 0 aromatic heterocycles. The van der Waals surface area contributed by atoms with E-state index in [9.17, 15) is 0 Å². The van der Waals surface area contributed by atoms with Gasteiger partial charge in [0.05, 0.1) is 0 Å². The molecule has 1 aliphatic heterocycles. The van der Waals surface area contributed by atoms with Gasteiger partial charge < -0.3 is 0 Å². The monoisotopic (exact) mass is 292 g/mol. The molecule has 4 saturated carbocycles. The first kappa shape index (κ1) is 11.0. The molecule has 1 heteroatoms. The summed E-state index contributed by atoms with van der Waals surface area (Å²) in [5.41, 5.74) is 4.38. The van der Waals surface area contributed by atoms with E-state index in [0.717, 1.165) is 21.4 Å². The van der Waals surface area contributed by atoms with Crippen LogP contribution in [0.25, 0.3) is 0 Å². The highest BCUT2D eigenvalue weighted by Gasteiger charge is 2.88. The maximum atomic E-state index is 2.46. The van der Waals surface area contributed by atoms with E-state index in [1.807, 2.05) is 0 Å². The third-order valence-electron chi connectivity index (χ3n) is 8.09. The van der Waals surface area contributed by atoms with Gasteiger partial charge in [-0.05, 0) is 69.9 Å². The summed E-state index contributed by atoms with van der Waals surface area (Å²) in [6.07, 6.45) is 12.4. The van der Waals surface area contributed by atoms with Crippen molar-refractivity contribution in [3.8, 4) is 0 Å². The number of rotatable bonds is 1. The zero-order chi connectivity index (χ0) is 13.5. The molecule has 1 aromatic carbocycles. The Bertz CT molecular complexity index is 724. The normalized spacial score (nSPS) is 38.8. The summed E-state index contributed by atoms with van der Waals surface area (Å²) in [6, 6.07) is 11.7. The van der Waals surface area contributed by atoms with Gasteiger partial charge in [0.1, 0.15) is 0 Å². The predicted molar refractivity (Wildman–Crippen MR) is 87.0 cm³/mol. The summed E-state index contributed by atoms with van der Waals surface area (Å²) in [4.78, 5) is 0. The number of allylic oxidation sites excluding steroid dienone is 2. The average Bonchev–Trinajstić information content (AvgIpc) is 3.33. The van der Waals surface area contributed by atoms with Gasteiger partial charge in [0.15, 0.2) is 0 Å². The molecule has 7 rings (SSSR count). The summed E-state index contributed by atoms with van der Waals surface area (Å²) in [5, 5.41) is 4.56. The number of hydrogen-bond acceptors (Lipinski definition) is 0. The Hall–Kier alpha value is -0.610. The van der Waals surface area contributed by atoms with Gasteiger partial charge >= 0.3 is 0 Å². The van der Waals surface area contributed by atoms with E-state index in [-0.39, 0.29) is 7.92 Å². The lowest BCUT2D eigenvalue weighted by molar-refractivity contribution is 0.290. The van der Waals surface area contributed by atoms with Gasteiger partial charge in [0.25, 0.3) is 0 Å². The molecule has 4 fully saturated rings. The molecule has 4 spiro atoms. The van der Waals surface area contributed by atoms with Crippen LogP contribution in [0.4, 0.5) is 0 Å². The maximum absolute atomic E-state index is 2.46. The number of benzene rings is 1. The minimum Gasteiger partial charge on any atom is -0.0622 e. The van der Waals surface area contributed by atoms with E-state index in [0.29, 0.717) is 0 Å². The number of hydrogen-bond donors (Lipinski definition) is 0. The van der Waals surface area contributed by atoms with E-state index in [1.54, 1.807) is 56.7 Å². The third kappa shape index (κ3) is 0.885. The Kier molecular flexibility index (Phi) is 1.47. The van der Waals surface area contributed by atoms with E-state index >= 15 is 0 Å². The van der Waals surface area contributed by atoms with E-state index in [1.165, 1.54) is 0 Å². The fraction of sp³-hybridized carbons (Fsp3) is 0.600. The quantitative estimate of drug-likeness (QED) is 0.643. The highest BCUT2D eigenvalue weighted by atomic mass is 31.1. The lowest BCUT2D eigenvalue weighted by atomic mass is 9.61. The maximum Gasteiger partial charge on any atom is 0.00774 e. The molecular weight excluding hydrogens is 271 g/mol. The fourth-order valence-corrected chi connectivity index (χ4v) is 11.3. The first-order valence-electron chi connectivity index (χ1n) is 8.91. The van der Waals surface area contributed by atoms with Crippen molar-refractivity contribution in [3.63, 3.8) is 0 Å². The summed E-state index contributed by atoms with van der Waals surface area (Å²) < 4.78 is 0. The Morgan fingerprint density at radius 1 is 0.667 bits per heavy atom. The van der Waals surface area contributed by atoms with Crippen LogP contribution in [0, 0.1) is 16.2 Å². The molecule has 1 unspecified atom stereocenters. The zero-order valence-corrected chi connectivity index (χ0v) is 13.4. The lowest BCUT2D eigenvalue weighted by Crippen LogP contribution is -2.35. The van der Waals surface area contributed by atoms with Gasteiger partial charge in [-0.2, -0.15) is 0 Å². The molecule has 1 heterocycles. The van der Waals surface area contributed by atoms with Crippen molar-refractivity contribution in [1.82, 2.24) is 0 Å². The number of fused-ring (bicyclic) bond motifs is 5. The first-order chi connectivity index (χ1) is 10.3. The summed E-state index contributed by atoms with van der Waals surface area (Å²) in [6.45, 7) is 0.